The van der Waals surface area contributed by atoms with Crippen LogP contribution in [0.3, 0.4) is 0 Å². The smallest absolute Gasteiger partial charge is 0.106 e. The predicted octanol–water partition coefficient (Wildman–Crippen LogP) is 0.206. The third kappa shape index (κ3) is 3.82. The van der Waals surface area contributed by atoms with E-state index in [1.165, 1.54) is 0 Å². The van der Waals surface area contributed by atoms with Crippen molar-refractivity contribution in [3.63, 3.8) is 0 Å². The fourth-order valence-electron chi connectivity index (χ4n) is 0.943. The Morgan fingerprint density at radius 2 is 2.62 bits per heavy atom. The van der Waals surface area contributed by atoms with Crippen molar-refractivity contribution in [2.45, 2.75) is 12.6 Å². The van der Waals surface area contributed by atoms with Gasteiger partial charge in [-0.3, -0.25) is 0 Å². The summed E-state index contributed by atoms with van der Waals surface area (Å²) >= 11 is 1.64. The van der Waals surface area contributed by atoms with Gasteiger partial charge in [-0.05, 0) is 0 Å². The van der Waals surface area contributed by atoms with E-state index in [-0.39, 0.29) is 6.10 Å². The van der Waals surface area contributed by atoms with Crippen molar-refractivity contribution < 1.29 is 4.74 Å². The lowest BCUT2D eigenvalue weighted by Crippen LogP contribution is -2.33. The molecule has 0 aliphatic rings. The molecule has 0 fully saturated rings. The molecule has 74 valence electrons. The van der Waals surface area contributed by atoms with Gasteiger partial charge in [0.25, 0.3) is 0 Å². The molecule has 3 N–H and O–H groups in total. The molecule has 13 heavy (non-hydrogen) atoms. The second-order valence-electron chi connectivity index (χ2n) is 2.65. The summed E-state index contributed by atoms with van der Waals surface area (Å²) in [6.45, 7) is 2.10. The lowest BCUT2D eigenvalue weighted by molar-refractivity contribution is 0.108. The van der Waals surface area contributed by atoms with Gasteiger partial charge in [-0.2, -0.15) is 0 Å². The molecule has 0 radical (unpaired) electrons. The zero-order valence-electron chi connectivity index (χ0n) is 7.69. The van der Waals surface area contributed by atoms with Gasteiger partial charge in [0.1, 0.15) is 5.01 Å². The fourth-order valence-corrected chi connectivity index (χ4v) is 1.53. The summed E-state index contributed by atoms with van der Waals surface area (Å²) in [6, 6.07) is 0. The molecule has 1 atom stereocenters. The molecular formula is C8H15N3OS. The SMILES string of the molecule is COC(CN)CNCc1nccs1. The highest BCUT2D eigenvalue weighted by Gasteiger charge is 2.03. The number of ether oxygens (including phenoxy) is 1. The van der Waals surface area contributed by atoms with Crippen LogP contribution in [0.15, 0.2) is 11.6 Å². The highest BCUT2D eigenvalue weighted by molar-refractivity contribution is 7.09. The van der Waals surface area contributed by atoms with Crippen LogP contribution in [-0.4, -0.2) is 31.3 Å². The van der Waals surface area contributed by atoms with Gasteiger partial charge in [-0.15, -0.1) is 11.3 Å². The van der Waals surface area contributed by atoms with Gasteiger partial charge in [0.05, 0.1) is 6.10 Å². The maximum atomic E-state index is 5.46. The van der Waals surface area contributed by atoms with E-state index in [1.54, 1.807) is 24.6 Å². The molecule has 4 nitrogen and oxygen atoms in total. The van der Waals surface area contributed by atoms with Gasteiger partial charge < -0.3 is 15.8 Å². The van der Waals surface area contributed by atoms with Gasteiger partial charge in [0.15, 0.2) is 0 Å². The standard InChI is InChI=1S/C8H15N3OS/c1-12-7(4-9)5-10-6-8-11-2-3-13-8/h2-3,7,10H,4-6,9H2,1H3. The van der Waals surface area contributed by atoms with E-state index in [9.17, 15) is 0 Å². The van der Waals surface area contributed by atoms with Crippen LogP contribution in [0, 0.1) is 0 Å². The van der Waals surface area contributed by atoms with Crippen LogP contribution >= 0.6 is 11.3 Å². The van der Waals surface area contributed by atoms with Crippen molar-refractivity contribution in [1.82, 2.24) is 10.3 Å². The molecule has 0 saturated carbocycles. The number of hydrogen-bond acceptors (Lipinski definition) is 5. The van der Waals surface area contributed by atoms with Crippen molar-refractivity contribution in [1.29, 1.82) is 0 Å². The molecule has 0 aromatic carbocycles. The number of thiazole rings is 1. The van der Waals surface area contributed by atoms with Crippen molar-refractivity contribution >= 4 is 11.3 Å². The Labute approximate surface area is 82.1 Å². The van der Waals surface area contributed by atoms with E-state index in [2.05, 4.69) is 10.3 Å². The van der Waals surface area contributed by atoms with Crippen LogP contribution in [-0.2, 0) is 11.3 Å². The Morgan fingerprint density at radius 3 is 3.15 bits per heavy atom. The number of rotatable bonds is 6. The van der Waals surface area contributed by atoms with Crippen LogP contribution in [0.5, 0.6) is 0 Å². The largest absolute Gasteiger partial charge is 0.379 e. The van der Waals surface area contributed by atoms with Crippen LogP contribution in [0.4, 0.5) is 0 Å². The Hall–Kier alpha value is -0.490. The summed E-state index contributed by atoms with van der Waals surface area (Å²) in [5.41, 5.74) is 5.46. The molecule has 1 unspecified atom stereocenters. The number of aromatic nitrogens is 1. The topological polar surface area (TPSA) is 60.2 Å². The Balaban J connectivity index is 2.13. The van der Waals surface area contributed by atoms with Crippen LogP contribution in [0.25, 0.3) is 0 Å². The first-order valence-electron chi connectivity index (χ1n) is 4.18. The van der Waals surface area contributed by atoms with Gasteiger partial charge in [-0.25, -0.2) is 4.98 Å². The number of methoxy groups -OCH3 is 1. The number of nitrogens with two attached hydrogens (primary N) is 1. The summed E-state index contributed by atoms with van der Waals surface area (Å²) in [7, 11) is 1.67. The molecule has 1 rings (SSSR count). The summed E-state index contributed by atoms with van der Waals surface area (Å²) in [5, 5.41) is 6.29. The third-order valence-corrected chi connectivity index (χ3v) is 2.51. The molecule has 0 spiro atoms. The first kappa shape index (κ1) is 10.6. The Morgan fingerprint density at radius 1 is 1.77 bits per heavy atom. The number of nitrogens with one attached hydrogen (secondary N) is 1. The highest BCUT2D eigenvalue weighted by atomic mass is 32.1. The molecule has 5 heteroatoms. The van der Waals surface area contributed by atoms with E-state index >= 15 is 0 Å². The average Bonchev–Trinajstić information content (AvgIpc) is 2.65. The lowest BCUT2D eigenvalue weighted by atomic mass is 10.3. The Kier molecular flexibility index (Phi) is 4.92. The maximum absolute atomic E-state index is 5.46. The zero-order valence-corrected chi connectivity index (χ0v) is 8.51. The van der Waals surface area contributed by atoms with E-state index in [4.69, 9.17) is 10.5 Å². The van der Waals surface area contributed by atoms with Crippen molar-refractivity contribution in [2.75, 3.05) is 20.2 Å². The number of hydrogen-bond donors (Lipinski definition) is 2. The zero-order chi connectivity index (χ0) is 9.52. The molecule has 1 aromatic rings. The van der Waals surface area contributed by atoms with E-state index in [0.717, 1.165) is 18.1 Å². The second-order valence-corrected chi connectivity index (χ2v) is 3.63. The second kappa shape index (κ2) is 6.04. The maximum Gasteiger partial charge on any atom is 0.106 e. The molecule has 0 saturated heterocycles. The summed E-state index contributed by atoms with van der Waals surface area (Å²) in [6.07, 6.45) is 1.90. The molecule has 0 aliphatic heterocycles. The monoisotopic (exact) mass is 201 g/mol. The minimum atomic E-state index is 0.0972. The van der Waals surface area contributed by atoms with Crippen LogP contribution in [0.2, 0.25) is 0 Å². The minimum absolute atomic E-state index is 0.0972. The molecule has 0 aliphatic carbocycles. The van der Waals surface area contributed by atoms with Crippen LogP contribution < -0.4 is 11.1 Å². The van der Waals surface area contributed by atoms with Gasteiger partial charge in [-0.1, -0.05) is 0 Å². The lowest BCUT2D eigenvalue weighted by Gasteiger charge is -2.12. The van der Waals surface area contributed by atoms with Crippen molar-refractivity contribution in [3.05, 3.63) is 16.6 Å². The third-order valence-electron chi connectivity index (χ3n) is 1.73. The molecule has 0 bridgehead atoms. The summed E-state index contributed by atoms with van der Waals surface area (Å²) < 4.78 is 5.11. The highest BCUT2D eigenvalue weighted by Crippen LogP contribution is 2.02. The normalized spacial score (nSPS) is 13.1. The van der Waals surface area contributed by atoms with Crippen molar-refractivity contribution in [3.8, 4) is 0 Å². The van der Waals surface area contributed by atoms with Gasteiger partial charge in [0, 0.05) is 38.3 Å². The average molecular weight is 201 g/mol. The van der Waals surface area contributed by atoms with E-state index < -0.39 is 0 Å². The fraction of sp³-hybridized carbons (Fsp3) is 0.625. The molecular weight excluding hydrogens is 186 g/mol. The predicted molar refractivity (Wildman–Crippen MR) is 53.7 cm³/mol. The first-order chi connectivity index (χ1) is 6.36. The molecule has 1 heterocycles. The molecule has 0 amide bonds. The van der Waals surface area contributed by atoms with E-state index in [0.29, 0.717) is 6.54 Å². The van der Waals surface area contributed by atoms with Gasteiger partial charge in [0.2, 0.25) is 0 Å². The number of nitrogens with zero attached hydrogens (tertiary/aromatic N) is 1. The van der Waals surface area contributed by atoms with E-state index in [1.807, 2.05) is 5.38 Å². The minimum Gasteiger partial charge on any atom is -0.379 e. The van der Waals surface area contributed by atoms with Gasteiger partial charge >= 0.3 is 0 Å². The quantitative estimate of drug-likeness (QED) is 0.690. The van der Waals surface area contributed by atoms with Crippen LogP contribution in [0.1, 0.15) is 5.01 Å². The van der Waals surface area contributed by atoms with Crippen molar-refractivity contribution in [2.24, 2.45) is 5.73 Å². The Bertz CT molecular complexity index is 211. The first-order valence-corrected chi connectivity index (χ1v) is 5.06. The summed E-state index contributed by atoms with van der Waals surface area (Å²) in [4.78, 5) is 4.15. The summed E-state index contributed by atoms with van der Waals surface area (Å²) in [5.74, 6) is 0. The molecule has 1 aromatic heterocycles.